The summed E-state index contributed by atoms with van der Waals surface area (Å²) < 4.78 is 0. The van der Waals surface area contributed by atoms with E-state index in [4.69, 9.17) is 0 Å². The molecule has 1 fully saturated rings. The largest absolute Gasteiger partial charge is 0.364 e. The van der Waals surface area contributed by atoms with Crippen LogP contribution in [0.1, 0.15) is 32.3 Å². The van der Waals surface area contributed by atoms with Gasteiger partial charge in [0.05, 0.1) is 4.92 Å². The van der Waals surface area contributed by atoms with E-state index in [1.54, 1.807) is 12.1 Å². The highest BCUT2D eigenvalue weighted by molar-refractivity contribution is 5.67. The monoisotopic (exact) mass is 291 g/mol. The van der Waals surface area contributed by atoms with Crippen LogP contribution >= 0.6 is 0 Å². The second kappa shape index (κ2) is 6.89. The minimum absolute atomic E-state index is 0.216. The topological polar surface area (TPSA) is 58.4 Å². The van der Waals surface area contributed by atoms with E-state index in [0.29, 0.717) is 12.0 Å². The van der Waals surface area contributed by atoms with E-state index >= 15 is 0 Å². The first-order valence-corrected chi connectivity index (χ1v) is 7.71. The van der Waals surface area contributed by atoms with Crippen molar-refractivity contribution >= 4 is 11.4 Å². The van der Waals surface area contributed by atoms with Gasteiger partial charge >= 0.3 is 0 Å². The lowest BCUT2D eigenvalue weighted by Gasteiger charge is -2.30. The molecule has 0 amide bonds. The first-order valence-electron chi connectivity index (χ1n) is 7.71. The van der Waals surface area contributed by atoms with Crippen molar-refractivity contribution in [2.75, 3.05) is 24.5 Å². The second-order valence-corrected chi connectivity index (χ2v) is 6.29. The molecule has 21 heavy (non-hydrogen) atoms. The third-order valence-corrected chi connectivity index (χ3v) is 3.92. The van der Waals surface area contributed by atoms with Gasteiger partial charge in [-0.2, -0.15) is 0 Å². The van der Waals surface area contributed by atoms with Gasteiger partial charge in [-0.3, -0.25) is 10.1 Å². The summed E-state index contributed by atoms with van der Waals surface area (Å²) in [6.07, 6.45) is 2.34. The van der Waals surface area contributed by atoms with Crippen LogP contribution in [-0.4, -0.2) is 30.6 Å². The van der Waals surface area contributed by atoms with Crippen molar-refractivity contribution in [3.05, 3.63) is 33.9 Å². The normalized spacial score (nSPS) is 18.2. The van der Waals surface area contributed by atoms with Crippen LogP contribution in [0.25, 0.3) is 0 Å². The first-order chi connectivity index (χ1) is 9.99. The fraction of sp³-hybridized carbons (Fsp3) is 0.625. The molecular formula is C16H25N3O2. The van der Waals surface area contributed by atoms with Gasteiger partial charge in [0.15, 0.2) is 0 Å². The molecule has 1 aromatic carbocycles. The van der Waals surface area contributed by atoms with Crippen LogP contribution in [0.5, 0.6) is 0 Å². The summed E-state index contributed by atoms with van der Waals surface area (Å²) in [5.74, 6) is 0.464. The molecule has 1 saturated heterocycles. The number of anilines is 1. The van der Waals surface area contributed by atoms with E-state index in [-0.39, 0.29) is 10.6 Å². The highest BCUT2D eigenvalue weighted by Gasteiger charge is 2.25. The number of nitrogens with zero attached hydrogens (tertiary/aromatic N) is 2. The number of nitrogens with one attached hydrogen (secondary N) is 1. The Kier molecular flexibility index (Phi) is 5.17. The number of hydrogen-bond donors (Lipinski definition) is 1. The van der Waals surface area contributed by atoms with Gasteiger partial charge in [-0.15, -0.1) is 0 Å². The lowest BCUT2D eigenvalue weighted by molar-refractivity contribution is -0.384. The molecule has 1 aromatic rings. The molecule has 0 saturated carbocycles. The maximum atomic E-state index is 11.4. The Morgan fingerprint density at radius 3 is 2.81 bits per heavy atom. The maximum Gasteiger partial charge on any atom is 0.292 e. The number of nitro benzene ring substituents is 1. The smallest absolute Gasteiger partial charge is 0.292 e. The summed E-state index contributed by atoms with van der Waals surface area (Å²) in [6.45, 7) is 8.99. The summed E-state index contributed by atoms with van der Waals surface area (Å²) in [6, 6.07) is 5.76. The van der Waals surface area contributed by atoms with Crippen LogP contribution in [0.2, 0.25) is 0 Å². The first kappa shape index (κ1) is 15.8. The zero-order chi connectivity index (χ0) is 15.4. The number of hydrogen-bond acceptors (Lipinski definition) is 4. The Bertz CT molecular complexity index is 496. The second-order valence-electron chi connectivity index (χ2n) is 6.29. The molecule has 0 bridgehead atoms. The van der Waals surface area contributed by atoms with Crippen LogP contribution in [-0.2, 0) is 0 Å². The quantitative estimate of drug-likeness (QED) is 0.646. The molecule has 5 heteroatoms. The van der Waals surface area contributed by atoms with Gasteiger partial charge in [0.2, 0.25) is 0 Å². The van der Waals surface area contributed by atoms with E-state index in [2.05, 4.69) is 24.1 Å². The van der Waals surface area contributed by atoms with E-state index in [1.807, 2.05) is 13.0 Å². The Balaban J connectivity index is 2.32. The molecule has 5 nitrogen and oxygen atoms in total. The molecule has 1 unspecified atom stereocenters. The van der Waals surface area contributed by atoms with E-state index in [9.17, 15) is 10.1 Å². The highest BCUT2D eigenvalue weighted by Crippen LogP contribution is 2.32. The van der Waals surface area contributed by atoms with E-state index in [0.717, 1.165) is 37.3 Å². The highest BCUT2D eigenvalue weighted by atomic mass is 16.6. The van der Waals surface area contributed by atoms with Crippen molar-refractivity contribution in [3.8, 4) is 0 Å². The number of rotatable bonds is 6. The van der Waals surface area contributed by atoms with Crippen LogP contribution in [0, 0.1) is 23.0 Å². The number of para-hydroxylation sites is 1. The molecule has 2 rings (SSSR count). The van der Waals surface area contributed by atoms with E-state index in [1.165, 1.54) is 6.42 Å². The minimum atomic E-state index is -0.266. The summed E-state index contributed by atoms with van der Waals surface area (Å²) in [4.78, 5) is 13.3. The third kappa shape index (κ3) is 3.94. The van der Waals surface area contributed by atoms with Gasteiger partial charge in [0.1, 0.15) is 5.69 Å². The zero-order valence-corrected chi connectivity index (χ0v) is 13.1. The molecule has 0 aliphatic carbocycles. The standard InChI is InChI=1S/C16H25N3O2/c1-12(2)10-18(11-14-7-5-9-17-14)16-13(3)6-4-8-15(16)19(20)21/h4,6,8,12,14,17H,5,7,9-11H2,1-3H3. The molecule has 1 heterocycles. The van der Waals surface area contributed by atoms with Gasteiger partial charge in [-0.25, -0.2) is 0 Å². The average molecular weight is 291 g/mol. The fourth-order valence-electron chi connectivity index (χ4n) is 3.08. The molecule has 0 aromatic heterocycles. The number of nitro groups is 1. The Labute approximate surface area is 126 Å². The van der Waals surface area contributed by atoms with Crippen molar-refractivity contribution in [3.63, 3.8) is 0 Å². The summed E-state index contributed by atoms with van der Waals surface area (Å²) in [5.41, 5.74) is 1.97. The molecule has 0 spiro atoms. The number of aryl methyl sites for hydroxylation is 1. The van der Waals surface area contributed by atoms with Gasteiger partial charge in [-0.05, 0) is 37.8 Å². The summed E-state index contributed by atoms with van der Waals surface area (Å²) in [5, 5.41) is 14.9. The molecule has 1 N–H and O–H groups in total. The number of benzene rings is 1. The molecule has 0 radical (unpaired) electrons. The van der Waals surface area contributed by atoms with Gasteiger partial charge in [-0.1, -0.05) is 26.0 Å². The van der Waals surface area contributed by atoms with Crippen molar-refractivity contribution in [1.29, 1.82) is 0 Å². The predicted molar refractivity (Wildman–Crippen MR) is 85.9 cm³/mol. The fourth-order valence-corrected chi connectivity index (χ4v) is 3.08. The van der Waals surface area contributed by atoms with Crippen LogP contribution < -0.4 is 10.2 Å². The Hall–Kier alpha value is -1.62. The Morgan fingerprint density at radius 1 is 1.48 bits per heavy atom. The zero-order valence-electron chi connectivity index (χ0n) is 13.1. The van der Waals surface area contributed by atoms with Crippen molar-refractivity contribution in [2.45, 2.75) is 39.7 Å². The molecule has 1 aliphatic rings. The third-order valence-electron chi connectivity index (χ3n) is 3.92. The molecular weight excluding hydrogens is 266 g/mol. The van der Waals surface area contributed by atoms with Crippen molar-refractivity contribution < 1.29 is 4.92 Å². The van der Waals surface area contributed by atoms with E-state index < -0.39 is 0 Å². The molecule has 1 aliphatic heterocycles. The van der Waals surface area contributed by atoms with Gasteiger partial charge in [0.25, 0.3) is 5.69 Å². The molecule has 1 atom stereocenters. The maximum absolute atomic E-state index is 11.4. The minimum Gasteiger partial charge on any atom is -0.364 e. The lowest BCUT2D eigenvalue weighted by atomic mass is 10.1. The van der Waals surface area contributed by atoms with Crippen LogP contribution in [0.3, 0.4) is 0 Å². The predicted octanol–water partition coefficient (Wildman–Crippen LogP) is 3.12. The summed E-state index contributed by atoms with van der Waals surface area (Å²) >= 11 is 0. The SMILES string of the molecule is Cc1cccc([N+](=O)[O-])c1N(CC(C)C)CC1CCCN1. The lowest BCUT2D eigenvalue weighted by Crippen LogP contribution is -2.40. The summed E-state index contributed by atoms with van der Waals surface area (Å²) in [7, 11) is 0. The van der Waals surface area contributed by atoms with Gasteiger partial charge in [0, 0.05) is 25.2 Å². The average Bonchev–Trinajstić information content (AvgIpc) is 2.90. The molecule has 116 valence electrons. The van der Waals surface area contributed by atoms with Crippen LogP contribution in [0.15, 0.2) is 18.2 Å². The Morgan fingerprint density at radius 2 is 2.24 bits per heavy atom. The van der Waals surface area contributed by atoms with Crippen molar-refractivity contribution in [2.24, 2.45) is 5.92 Å². The van der Waals surface area contributed by atoms with Crippen LogP contribution in [0.4, 0.5) is 11.4 Å². The van der Waals surface area contributed by atoms with Gasteiger partial charge < -0.3 is 10.2 Å². The van der Waals surface area contributed by atoms with Crippen molar-refractivity contribution in [1.82, 2.24) is 5.32 Å².